The van der Waals surface area contributed by atoms with E-state index in [1.165, 1.54) is 6.07 Å². The van der Waals surface area contributed by atoms with Crippen molar-refractivity contribution in [1.29, 1.82) is 0 Å². The summed E-state index contributed by atoms with van der Waals surface area (Å²) >= 11 is 11.7. The minimum Gasteiger partial charge on any atom is -0.353 e. The molecular formula is C19H27Cl2N3O3. The van der Waals surface area contributed by atoms with E-state index >= 15 is 0 Å². The highest BCUT2D eigenvalue weighted by molar-refractivity contribution is 6.42. The Morgan fingerprint density at radius 2 is 1.59 bits per heavy atom. The highest BCUT2D eigenvalue weighted by Gasteiger charge is 2.24. The van der Waals surface area contributed by atoms with E-state index in [-0.39, 0.29) is 42.6 Å². The van der Waals surface area contributed by atoms with Crippen LogP contribution in [0.1, 0.15) is 44.5 Å². The molecule has 0 heterocycles. The van der Waals surface area contributed by atoms with E-state index in [0.717, 1.165) is 0 Å². The van der Waals surface area contributed by atoms with Gasteiger partial charge >= 0.3 is 0 Å². The van der Waals surface area contributed by atoms with Crippen LogP contribution in [0.15, 0.2) is 18.2 Å². The van der Waals surface area contributed by atoms with Gasteiger partial charge in [0, 0.05) is 25.1 Å². The third-order valence-electron chi connectivity index (χ3n) is 3.75. The van der Waals surface area contributed by atoms with Gasteiger partial charge in [0.25, 0.3) is 5.91 Å². The average molecular weight is 416 g/mol. The second kappa shape index (κ2) is 11.1. The molecule has 1 aromatic carbocycles. The zero-order chi connectivity index (χ0) is 20.6. The van der Waals surface area contributed by atoms with Crippen LogP contribution < -0.4 is 16.0 Å². The minimum atomic E-state index is -0.609. The average Bonchev–Trinajstić information content (AvgIpc) is 2.57. The third kappa shape index (κ3) is 8.18. The molecule has 1 aromatic rings. The van der Waals surface area contributed by atoms with Crippen molar-refractivity contribution < 1.29 is 14.4 Å². The fourth-order valence-electron chi connectivity index (χ4n) is 2.35. The van der Waals surface area contributed by atoms with Gasteiger partial charge in [0.05, 0.1) is 10.0 Å². The van der Waals surface area contributed by atoms with Gasteiger partial charge in [0.15, 0.2) is 0 Å². The van der Waals surface area contributed by atoms with Crippen molar-refractivity contribution in [2.75, 3.05) is 13.1 Å². The van der Waals surface area contributed by atoms with Gasteiger partial charge in [-0.25, -0.2) is 0 Å². The molecule has 0 fully saturated rings. The van der Waals surface area contributed by atoms with Gasteiger partial charge in [-0.2, -0.15) is 0 Å². The highest BCUT2D eigenvalue weighted by Crippen LogP contribution is 2.22. The van der Waals surface area contributed by atoms with Crippen molar-refractivity contribution in [3.63, 3.8) is 0 Å². The van der Waals surface area contributed by atoms with E-state index in [4.69, 9.17) is 23.2 Å². The third-order valence-corrected chi connectivity index (χ3v) is 4.49. The SMILES string of the molecule is CC(C)CC(=O)NC(C(=O)NCCNC(=O)c1ccc(Cl)c(Cl)c1)C(C)C. The van der Waals surface area contributed by atoms with Gasteiger partial charge in [0.1, 0.15) is 6.04 Å². The predicted molar refractivity (Wildman–Crippen MR) is 108 cm³/mol. The van der Waals surface area contributed by atoms with Gasteiger partial charge in [0.2, 0.25) is 11.8 Å². The summed E-state index contributed by atoms with van der Waals surface area (Å²) in [6.45, 7) is 8.11. The number of hydrogen-bond acceptors (Lipinski definition) is 3. The Bertz CT molecular complexity index is 678. The van der Waals surface area contributed by atoms with Crippen LogP contribution in [-0.2, 0) is 9.59 Å². The molecule has 6 nitrogen and oxygen atoms in total. The first-order valence-corrected chi connectivity index (χ1v) is 9.67. The molecule has 0 aromatic heterocycles. The fourth-order valence-corrected chi connectivity index (χ4v) is 2.65. The lowest BCUT2D eigenvalue weighted by Gasteiger charge is -2.22. The van der Waals surface area contributed by atoms with Crippen LogP contribution in [-0.4, -0.2) is 36.9 Å². The first-order valence-electron chi connectivity index (χ1n) is 8.92. The second-order valence-corrected chi connectivity index (χ2v) is 7.88. The Morgan fingerprint density at radius 1 is 0.963 bits per heavy atom. The van der Waals surface area contributed by atoms with Crippen LogP contribution in [0.5, 0.6) is 0 Å². The molecular weight excluding hydrogens is 389 g/mol. The molecule has 0 radical (unpaired) electrons. The van der Waals surface area contributed by atoms with Crippen LogP contribution in [0.25, 0.3) is 0 Å². The van der Waals surface area contributed by atoms with Gasteiger partial charge in [-0.15, -0.1) is 0 Å². The molecule has 0 aliphatic rings. The number of carbonyl (C=O) groups is 3. The van der Waals surface area contributed by atoms with E-state index in [1.54, 1.807) is 12.1 Å². The number of rotatable bonds is 9. The van der Waals surface area contributed by atoms with E-state index in [2.05, 4.69) is 16.0 Å². The second-order valence-electron chi connectivity index (χ2n) is 7.06. The molecule has 8 heteroatoms. The molecule has 1 atom stereocenters. The summed E-state index contributed by atoms with van der Waals surface area (Å²) in [7, 11) is 0. The van der Waals surface area contributed by atoms with Crippen LogP contribution in [0.4, 0.5) is 0 Å². The van der Waals surface area contributed by atoms with Crippen molar-refractivity contribution in [2.45, 2.75) is 40.2 Å². The van der Waals surface area contributed by atoms with Crippen molar-refractivity contribution >= 4 is 40.9 Å². The molecule has 1 rings (SSSR count). The Hall–Kier alpha value is -1.79. The molecule has 0 saturated heterocycles. The van der Waals surface area contributed by atoms with Crippen LogP contribution in [0.2, 0.25) is 10.0 Å². The van der Waals surface area contributed by atoms with E-state index in [0.29, 0.717) is 22.0 Å². The number of halogens is 2. The Balaban J connectivity index is 2.46. The van der Waals surface area contributed by atoms with E-state index < -0.39 is 6.04 Å². The maximum Gasteiger partial charge on any atom is 0.251 e. The fraction of sp³-hybridized carbons (Fsp3) is 0.526. The summed E-state index contributed by atoms with van der Waals surface area (Å²) < 4.78 is 0. The zero-order valence-electron chi connectivity index (χ0n) is 16.1. The van der Waals surface area contributed by atoms with Gasteiger partial charge in [-0.3, -0.25) is 14.4 Å². The molecule has 0 aliphatic carbocycles. The zero-order valence-corrected chi connectivity index (χ0v) is 17.6. The topological polar surface area (TPSA) is 87.3 Å². The summed E-state index contributed by atoms with van der Waals surface area (Å²) in [6, 6.07) is 3.99. The number of benzene rings is 1. The molecule has 0 aliphatic heterocycles. The molecule has 0 bridgehead atoms. The highest BCUT2D eigenvalue weighted by atomic mass is 35.5. The van der Waals surface area contributed by atoms with E-state index in [1.807, 2.05) is 27.7 Å². The first kappa shape index (κ1) is 23.2. The molecule has 150 valence electrons. The van der Waals surface area contributed by atoms with Gasteiger partial charge < -0.3 is 16.0 Å². The Kier molecular flexibility index (Phi) is 9.60. The molecule has 3 amide bonds. The summed E-state index contributed by atoms with van der Waals surface area (Å²) in [5, 5.41) is 8.87. The summed E-state index contributed by atoms with van der Waals surface area (Å²) in [5.41, 5.74) is 0.386. The molecule has 0 saturated carbocycles. The quantitative estimate of drug-likeness (QED) is 0.541. The number of amides is 3. The molecule has 1 unspecified atom stereocenters. The summed E-state index contributed by atoms with van der Waals surface area (Å²) in [6.07, 6.45) is 0.371. The smallest absolute Gasteiger partial charge is 0.251 e. The van der Waals surface area contributed by atoms with Crippen LogP contribution >= 0.6 is 23.2 Å². The summed E-state index contributed by atoms with van der Waals surface area (Å²) in [4.78, 5) is 36.3. The lowest BCUT2D eigenvalue weighted by molar-refractivity contribution is -0.130. The minimum absolute atomic E-state index is 0.0492. The molecule has 0 spiro atoms. The maximum atomic E-state index is 12.3. The van der Waals surface area contributed by atoms with Gasteiger partial charge in [-0.05, 0) is 30.0 Å². The first-order chi connectivity index (χ1) is 12.6. The predicted octanol–water partition coefficient (Wildman–Crippen LogP) is 3.03. The largest absolute Gasteiger partial charge is 0.353 e. The lowest BCUT2D eigenvalue weighted by Crippen LogP contribution is -2.51. The van der Waals surface area contributed by atoms with Crippen LogP contribution in [0.3, 0.4) is 0 Å². The Labute approximate surface area is 170 Å². The standard InChI is InChI=1S/C19H27Cl2N3O3/c1-11(2)9-16(25)24-17(12(3)4)19(27)23-8-7-22-18(26)13-5-6-14(20)15(21)10-13/h5-6,10-12,17H,7-9H2,1-4H3,(H,22,26)(H,23,27)(H,24,25). The van der Waals surface area contributed by atoms with Gasteiger partial charge in [-0.1, -0.05) is 50.9 Å². The Morgan fingerprint density at radius 3 is 2.15 bits per heavy atom. The monoisotopic (exact) mass is 415 g/mol. The molecule has 27 heavy (non-hydrogen) atoms. The number of hydrogen-bond donors (Lipinski definition) is 3. The number of carbonyl (C=O) groups excluding carboxylic acids is 3. The van der Waals surface area contributed by atoms with Crippen LogP contribution in [0, 0.1) is 11.8 Å². The van der Waals surface area contributed by atoms with Crippen molar-refractivity contribution in [1.82, 2.24) is 16.0 Å². The normalized spacial score (nSPS) is 12.0. The van der Waals surface area contributed by atoms with Crippen molar-refractivity contribution in [2.24, 2.45) is 11.8 Å². The maximum absolute atomic E-state index is 12.3. The molecule has 3 N–H and O–H groups in total. The lowest BCUT2D eigenvalue weighted by atomic mass is 10.0. The number of nitrogens with one attached hydrogen (secondary N) is 3. The van der Waals surface area contributed by atoms with Crippen molar-refractivity contribution in [3.8, 4) is 0 Å². The van der Waals surface area contributed by atoms with E-state index in [9.17, 15) is 14.4 Å². The van der Waals surface area contributed by atoms with Crippen molar-refractivity contribution in [3.05, 3.63) is 33.8 Å². The summed E-state index contributed by atoms with van der Waals surface area (Å²) in [5.74, 6) is -0.560.